The lowest BCUT2D eigenvalue weighted by atomic mass is 9.77. The van der Waals surface area contributed by atoms with E-state index in [9.17, 15) is 14.4 Å². The second kappa shape index (κ2) is 11.2. The molecule has 222 valence electrons. The average Bonchev–Trinajstić information content (AvgIpc) is 3.68. The zero-order chi connectivity index (χ0) is 30.5. The van der Waals surface area contributed by atoms with E-state index in [-0.39, 0.29) is 24.4 Å². The summed E-state index contributed by atoms with van der Waals surface area (Å²) in [7, 11) is 0. The number of rotatable bonds is 5. The van der Waals surface area contributed by atoms with Crippen LogP contribution in [0.2, 0.25) is 0 Å². The summed E-state index contributed by atoms with van der Waals surface area (Å²) in [6.45, 7) is 3.89. The molecule has 44 heavy (non-hydrogen) atoms. The fourth-order valence-electron chi connectivity index (χ4n) is 6.60. The van der Waals surface area contributed by atoms with Crippen molar-refractivity contribution in [1.82, 2.24) is 10.0 Å². The first-order valence-electron chi connectivity index (χ1n) is 14.8. The molecule has 0 aromatic heterocycles. The van der Waals surface area contributed by atoms with Crippen molar-refractivity contribution in [2.45, 2.75) is 51.2 Å². The van der Waals surface area contributed by atoms with Crippen LogP contribution < -0.4 is 4.90 Å². The molecule has 1 aliphatic carbocycles. The Morgan fingerprint density at radius 2 is 1.68 bits per heavy atom. The van der Waals surface area contributed by atoms with Crippen LogP contribution >= 0.6 is 15.9 Å². The molecule has 0 bridgehead atoms. The van der Waals surface area contributed by atoms with Gasteiger partial charge in [-0.1, -0.05) is 86.9 Å². The number of hydrogen-bond acceptors (Lipinski definition) is 7. The van der Waals surface area contributed by atoms with Gasteiger partial charge in [0.15, 0.2) is 12.1 Å². The number of imide groups is 1. The predicted molar refractivity (Wildman–Crippen MR) is 170 cm³/mol. The van der Waals surface area contributed by atoms with Crippen LogP contribution in [0.4, 0.5) is 5.69 Å². The molecular weight excluding hydrogens is 620 g/mol. The van der Waals surface area contributed by atoms with Crippen LogP contribution in [0, 0.1) is 19.8 Å². The summed E-state index contributed by atoms with van der Waals surface area (Å²) in [6.07, 6.45) is 4.98. The number of carbonyl (C=O) groups excluding carboxylic acids is 3. The maximum absolute atomic E-state index is 14.1. The molecule has 3 heterocycles. The van der Waals surface area contributed by atoms with Crippen molar-refractivity contribution in [1.29, 1.82) is 0 Å². The Bertz CT molecular complexity index is 1750. The van der Waals surface area contributed by atoms with Crippen molar-refractivity contribution in [3.05, 3.63) is 105 Å². The third-order valence-electron chi connectivity index (χ3n) is 8.82. The van der Waals surface area contributed by atoms with E-state index in [1.54, 1.807) is 23.2 Å². The van der Waals surface area contributed by atoms with Crippen LogP contribution in [0.25, 0.3) is 6.08 Å². The van der Waals surface area contributed by atoms with Crippen LogP contribution in [0.3, 0.4) is 0 Å². The summed E-state index contributed by atoms with van der Waals surface area (Å²) < 4.78 is 0.744. The predicted octanol–water partition coefficient (Wildman–Crippen LogP) is 6.18. The van der Waals surface area contributed by atoms with Gasteiger partial charge in [0, 0.05) is 10.4 Å². The Morgan fingerprint density at radius 1 is 0.955 bits per heavy atom. The van der Waals surface area contributed by atoms with E-state index in [1.807, 2.05) is 13.0 Å². The first-order chi connectivity index (χ1) is 21.3. The minimum atomic E-state index is -0.987. The van der Waals surface area contributed by atoms with Crippen LogP contribution in [0.5, 0.6) is 0 Å². The monoisotopic (exact) mass is 650 g/mol. The molecule has 4 aliphatic rings. The molecule has 2 fully saturated rings. The number of halogens is 1. The summed E-state index contributed by atoms with van der Waals surface area (Å²) in [4.78, 5) is 42.0. The number of hydrogen-bond donors (Lipinski definition) is 0. The maximum Gasteiger partial charge on any atom is 0.264 e. The summed E-state index contributed by atoms with van der Waals surface area (Å²) in [5.74, 6) is -1.15. The maximum atomic E-state index is 14.1. The highest BCUT2D eigenvalue weighted by Gasteiger charge is 2.55. The molecule has 0 spiro atoms. The second-order valence-corrected chi connectivity index (χ2v) is 12.8. The Labute approximate surface area is 264 Å². The van der Waals surface area contributed by atoms with Gasteiger partial charge in [-0.2, -0.15) is 10.2 Å². The minimum Gasteiger partial charge on any atom is -0.271 e. The molecule has 0 N–H and O–H groups in total. The number of amides is 3. The number of nitrogens with zero attached hydrogens (tertiary/aromatic N) is 6. The Morgan fingerprint density at radius 3 is 2.41 bits per heavy atom. The van der Waals surface area contributed by atoms with Crippen molar-refractivity contribution >= 4 is 51.1 Å². The molecule has 10 heteroatoms. The number of carbonyl (C=O) groups is 3. The number of hydrazone groups is 1. The lowest BCUT2D eigenvalue weighted by Gasteiger charge is -2.30. The average molecular weight is 652 g/mol. The molecule has 0 radical (unpaired) electrons. The zero-order valence-electron chi connectivity index (χ0n) is 24.4. The van der Waals surface area contributed by atoms with Crippen LogP contribution in [0.1, 0.15) is 47.6 Å². The molecule has 9 nitrogen and oxygen atoms in total. The highest BCUT2D eigenvalue weighted by Crippen LogP contribution is 2.45. The van der Waals surface area contributed by atoms with Gasteiger partial charge in [-0.3, -0.25) is 19.4 Å². The molecule has 3 aromatic rings. The van der Waals surface area contributed by atoms with Crippen LogP contribution in [0.15, 0.2) is 98.3 Å². The molecule has 4 atom stereocenters. The van der Waals surface area contributed by atoms with Gasteiger partial charge in [0.1, 0.15) is 6.54 Å². The summed E-state index contributed by atoms with van der Waals surface area (Å²) in [6, 6.07) is 21.4. The molecule has 7 rings (SSSR count). The van der Waals surface area contributed by atoms with Gasteiger partial charge >= 0.3 is 0 Å². The van der Waals surface area contributed by atoms with E-state index in [4.69, 9.17) is 5.10 Å². The van der Waals surface area contributed by atoms with Crippen LogP contribution in [-0.2, 0) is 14.4 Å². The number of allylic oxidation sites excluding steroid dienone is 1. The topological polar surface area (TPSA) is 98.0 Å². The molecule has 0 unspecified atom stereocenters. The lowest BCUT2D eigenvalue weighted by Crippen LogP contribution is -2.45. The lowest BCUT2D eigenvalue weighted by molar-refractivity contribution is -0.136. The van der Waals surface area contributed by atoms with E-state index in [0.29, 0.717) is 5.69 Å². The summed E-state index contributed by atoms with van der Waals surface area (Å²) >= 11 is 3.40. The molecule has 3 aliphatic heterocycles. The van der Waals surface area contributed by atoms with Gasteiger partial charge in [0.2, 0.25) is 0 Å². The quantitative estimate of drug-likeness (QED) is 0.308. The van der Waals surface area contributed by atoms with E-state index in [0.717, 1.165) is 56.6 Å². The standard InChI is InChI=1S/C34H31BrN6O3/c1-20-9-13-22(14-10-20)17-24-5-3-8-27-29(24)37-41(31(27)23-15-11-21(2)12-16-23)28(42)19-39-32-30(36-38-39)33(43)40(34(32)44)26-7-4-6-25(35)18-26/h4,6-7,9-18,27,30-32H,3,5,8,19H2,1-2H3/b24-17+/t27-,30+,31-,32+/m1/s1. The third kappa shape index (κ3) is 4.96. The van der Waals surface area contributed by atoms with Gasteiger partial charge in [0.05, 0.1) is 17.4 Å². The largest absolute Gasteiger partial charge is 0.271 e. The van der Waals surface area contributed by atoms with Crippen molar-refractivity contribution < 1.29 is 14.4 Å². The normalized spacial score (nSPS) is 25.1. The third-order valence-corrected chi connectivity index (χ3v) is 9.31. The van der Waals surface area contributed by atoms with Gasteiger partial charge in [-0.15, -0.1) is 0 Å². The van der Waals surface area contributed by atoms with Crippen molar-refractivity contribution in [3.63, 3.8) is 0 Å². The minimum absolute atomic E-state index is 0.0433. The van der Waals surface area contributed by atoms with E-state index in [2.05, 4.69) is 87.8 Å². The smallest absolute Gasteiger partial charge is 0.264 e. The van der Waals surface area contributed by atoms with Crippen molar-refractivity contribution in [2.75, 3.05) is 11.4 Å². The van der Waals surface area contributed by atoms with Crippen LogP contribution in [-0.4, -0.2) is 52.1 Å². The van der Waals surface area contributed by atoms with E-state index >= 15 is 0 Å². The summed E-state index contributed by atoms with van der Waals surface area (Å²) in [5.41, 5.74) is 6.98. The van der Waals surface area contributed by atoms with E-state index < -0.39 is 23.9 Å². The fourth-order valence-corrected chi connectivity index (χ4v) is 6.99. The SMILES string of the molecule is Cc1ccc(/C=C2\CCC[C@@H]3C2=NN(C(=O)CN2N=N[C@@H]4C(=O)N(c5cccc(Br)c5)C(=O)[C@H]42)[C@@H]3c2ccc(C)cc2)cc1. The molecule has 3 amide bonds. The zero-order valence-corrected chi connectivity index (χ0v) is 26.0. The Hall–Kier alpha value is -4.44. The first kappa shape index (κ1) is 28.3. The number of aryl methyl sites for hydroxylation is 2. The number of fused-ring (bicyclic) bond motifs is 2. The van der Waals surface area contributed by atoms with Gasteiger partial charge in [-0.25, -0.2) is 9.91 Å². The van der Waals surface area contributed by atoms with E-state index in [1.165, 1.54) is 10.6 Å². The summed E-state index contributed by atoms with van der Waals surface area (Å²) in [5, 5.41) is 16.2. The molecule has 1 saturated carbocycles. The Balaban J connectivity index is 1.19. The molecule has 3 aromatic carbocycles. The molecule has 1 saturated heterocycles. The first-order valence-corrected chi connectivity index (χ1v) is 15.6. The van der Waals surface area contributed by atoms with Crippen molar-refractivity contribution in [2.24, 2.45) is 21.4 Å². The fraction of sp³-hybridized carbons (Fsp3) is 0.294. The Kier molecular flexibility index (Phi) is 7.24. The van der Waals surface area contributed by atoms with Crippen molar-refractivity contribution in [3.8, 4) is 0 Å². The van der Waals surface area contributed by atoms with Gasteiger partial charge < -0.3 is 0 Å². The van der Waals surface area contributed by atoms with Gasteiger partial charge in [0.25, 0.3) is 17.7 Å². The highest BCUT2D eigenvalue weighted by molar-refractivity contribution is 9.10. The highest BCUT2D eigenvalue weighted by atomic mass is 79.9. The second-order valence-electron chi connectivity index (χ2n) is 11.8. The van der Waals surface area contributed by atoms with Gasteiger partial charge in [-0.05, 0) is 74.1 Å². The molecular formula is C34H31BrN6O3. The number of benzene rings is 3. The number of anilines is 1.